The topological polar surface area (TPSA) is 82.2 Å². The van der Waals surface area contributed by atoms with Crippen LogP contribution in [-0.4, -0.2) is 27.8 Å². The molecule has 0 bridgehead atoms. The molecule has 2 aromatic carbocycles. The lowest BCUT2D eigenvalue weighted by atomic mass is 10.1. The van der Waals surface area contributed by atoms with Crippen LogP contribution in [0, 0.1) is 0 Å². The summed E-state index contributed by atoms with van der Waals surface area (Å²) in [5, 5.41) is 7.99. The van der Waals surface area contributed by atoms with Crippen molar-refractivity contribution >= 4 is 16.9 Å². The molecule has 1 N–H and O–H groups in total. The molecule has 7 heteroatoms. The molecule has 4 rings (SSSR count). The van der Waals surface area contributed by atoms with E-state index in [0.717, 1.165) is 22.1 Å². The number of hydrogen-bond acceptors (Lipinski definition) is 5. The third-order valence-electron chi connectivity index (χ3n) is 4.55. The van der Waals surface area contributed by atoms with Crippen molar-refractivity contribution in [3.05, 3.63) is 83.6 Å². The van der Waals surface area contributed by atoms with Crippen LogP contribution in [-0.2, 0) is 24.4 Å². The van der Waals surface area contributed by atoms with Crippen LogP contribution in [0.3, 0.4) is 0 Å². The van der Waals surface area contributed by atoms with E-state index in [2.05, 4.69) is 15.4 Å². The number of hydrogen-bond donors (Lipinski definition) is 1. The van der Waals surface area contributed by atoms with Gasteiger partial charge in [0, 0.05) is 24.6 Å². The van der Waals surface area contributed by atoms with Crippen molar-refractivity contribution in [3.8, 4) is 0 Å². The molecule has 28 heavy (non-hydrogen) atoms. The summed E-state index contributed by atoms with van der Waals surface area (Å²) in [4.78, 5) is 16.8. The molecule has 0 unspecified atom stereocenters. The molecule has 0 fully saturated rings. The van der Waals surface area contributed by atoms with Crippen LogP contribution in [0.1, 0.15) is 27.2 Å². The van der Waals surface area contributed by atoms with Gasteiger partial charge in [0.15, 0.2) is 5.76 Å². The molecule has 0 aliphatic heterocycles. The monoisotopic (exact) mass is 376 g/mol. The number of amides is 1. The first-order valence-corrected chi connectivity index (χ1v) is 8.93. The van der Waals surface area contributed by atoms with Crippen molar-refractivity contribution < 1.29 is 13.9 Å². The quantitative estimate of drug-likeness (QED) is 0.536. The SMILES string of the molecule is COCc1c(C(=O)NCc2ccccc2Cn2cncn2)oc2ccccc12. The predicted octanol–water partition coefficient (Wildman–Crippen LogP) is 3.15. The summed E-state index contributed by atoms with van der Waals surface area (Å²) in [6.45, 7) is 1.28. The summed E-state index contributed by atoms with van der Waals surface area (Å²) in [6, 6.07) is 15.5. The van der Waals surface area contributed by atoms with Crippen LogP contribution in [0.15, 0.2) is 65.6 Å². The minimum atomic E-state index is -0.265. The number of ether oxygens (including phenoxy) is 1. The molecule has 0 radical (unpaired) electrons. The van der Waals surface area contributed by atoms with E-state index < -0.39 is 0 Å². The first kappa shape index (κ1) is 17.9. The average molecular weight is 376 g/mol. The molecule has 0 aliphatic carbocycles. The number of para-hydroxylation sites is 1. The van der Waals surface area contributed by atoms with E-state index in [1.54, 1.807) is 18.1 Å². The van der Waals surface area contributed by atoms with Crippen LogP contribution in [0.5, 0.6) is 0 Å². The molecule has 1 amide bonds. The molecule has 142 valence electrons. The zero-order chi connectivity index (χ0) is 19.3. The Bertz CT molecular complexity index is 1090. The third kappa shape index (κ3) is 3.65. The van der Waals surface area contributed by atoms with E-state index >= 15 is 0 Å². The molecule has 2 aromatic heterocycles. The number of rotatable bonds is 7. The molecule has 4 aromatic rings. The highest BCUT2D eigenvalue weighted by Gasteiger charge is 2.20. The number of aromatic nitrogens is 3. The third-order valence-corrected chi connectivity index (χ3v) is 4.55. The summed E-state index contributed by atoms with van der Waals surface area (Å²) in [5.74, 6) is 0.0237. The molecule has 2 heterocycles. The van der Waals surface area contributed by atoms with Crippen molar-refractivity contribution in [1.29, 1.82) is 0 Å². The minimum absolute atomic E-state index is 0.265. The van der Waals surface area contributed by atoms with Gasteiger partial charge >= 0.3 is 0 Å². The fourth-order valence-electron chi connectivity index (χ4n) is 3.20. The standard InChI is InChI=1S/C21H20N4O3/c1-27-12-18-17-8-4-5-9-19(17)28-20(18)21(26)23-10-15-6-2-3-7-16(15)11-25-14-22-13-24-25/h2-9,13-14H,10-12H2,1H3,(H,23,26). The molecular weight excluding hydrogens is 356 g/mol. The first-order valence-electron chi connectivity index (χ1n) is 8.93. The smallest absolute Gasteiger partial charge is 0.287 e. The van der Waals surface area contributed by atoms with E-state index in [-0.39, 0.29) is 11.7 Å². The second kappa shape index (κ2) is 8.06. The number of nitrogens with one attached hydrogen (secondary N) is 1. The Kier molecular flexibility index (Phi) is 5.16. The Morgan fingerprint density at radius 3 is 2.71 bits per heavy atom. The molecule has 0 saturated carbocycles. The fraction of sp³-hybridized carbons (Fsp3) is 0.190. The summed E-state index contributed by atoms with van der Waals surface area (Å²) in [6.07, 6.45) is 3.17. The molecule has 0 spiro atoms. The summed E-state index contributed by atoms with van der Waals surface area (Å²) >= 11 is 0. The zero-order valence-corrected chi connectivity index (χ0v) is 15.5. The van der Waals surface area contributed by atoms with Crippen LogP contribution in [0.2, 0.25) is 0 Å². The molecule has 0 aliphatic rings. The van der Waals surface area contributed by atoms with Crippen molar-refractivity contribution in [1.82, 2.24) is 20.1 Å². The number of nitrogens with zero attached hydrogens (tertiary/aromatic N) is 3. The summed E-state index contributed by atoms with van der Waals surface area (Å²) in [5.41, 5.74) is 3.50. The van der Waals surface area contributed by atoms with Crippen LogP contribution in [0.25, 0.3) is 11.0 Å². The van der Waals surface area contributed by atoms with Gasteiger partial charge in [-0.2, -0.15) is 5.10 Å². The fourth-order valence-corrected chi connectivity index (χ4v) is 3.20. The van der Waals surface area contributed by atoms with Gasteiger partial charge in [-0.3, -0.25) is 4.79 Å². The Balaban J connectivity index is 1.54. The van der Waals surface area contributed by atoms with E-state index in [4.69, 9.17) is 9.15 Å². The van der Waals surface area contributed by atoms with Gasteiger partial charge < -0.3 is 14.5 Å². The van der Waals surface area contributed by atoms with Gasteiger partial charge in [0.05, 0.1) is 13.2 Å². The highest BCUT2D eigenvalue weighted by Crippen LogP contribution is 2.26. The van der Waals surface area contributed by atoms with Crippen LogP contribution >= 0.6 is 0 Å². The highest BCUT2D eigenvalue weighted by atomic mass is 16.5. The summed E-state index contributed by atoms with van der Waals surface area (Å²) in [7, 11) is 1.60. The van der Waals surface area contributed by atoms with Crippen molar-refractivity contribution in [2.75, 3.05) is 7.11 Å². The maximum Gasteiger partial charge on any atom is 0.287 e. The van der Waals surface area contributed by atoms with Gasteiger partial charge in [-0.25, -0.2) is 9.67 Å². The Hall–Kier alpha value is -3.45. The van der Waals surface area contributed by atoms with Gasteiger partial charge in [-0.05, 0) is 17.2 Å². The van der Waals surface area contributed by atoms with E-state index in [9.17, 15) is 4.79 Å². The normalized spacial score (nSPS) is 11.0. The maximum atomic E-state index is 12.8. The van der Waals surface area contributed by atoms with Gasteiger partial charge in [-0.1, -0.05) is 42.5 Å². The van der Waals surface area contributed by atoms with Crippen molar-refractivity contribution in [3.63, 3.8) is 0 Å². The van der Waals surface area contributed by atoms with Gasteiger partial charge in [0.1, 0.15) is 18.2 Å². The number of methoxy groups -OCH3 is 1. The Labute approximate surface area is 161 Å². The van der Waals surface area contributed by atoms with Gasteiger partial charge in [0.25, 0.3) is 5.91 Å². The Morgan fingerprint density at radius 2 is 1.93 bits per heavy atom. The Morgan fingerprint density at radius 1 is 1.14 bits per heavy atom. The number of carbonyl (C=O) groups excluding carboxylic acids is 1. The molecule has 0 atom stereocenters. The summed E-state index contributed by atoms with van der Waals surface area (Å²) < 4.78 is 12.8. The minimum Gasteiger partial charge on any atom is -0.451 e. The zero-order valence-electron chi connectivity index (χ0n) is 15.5. The highest BCUT2D eigenvalue weighted by molar-refractivity contribution is 5.99. The average Bonchev–Trinajstić information content (AvgIpc) is 3.36. The largest absolute Gasteiger partial charge is 0.451 e. The lowest BCUT2D eigenvalue weighted by Crippen LogP contribution is -2.24. The van der Waals surface area contributed by atoms with Crippen LogP contribution in [0.4, 0.5) is 0 Å². The van der Waals surface area contributed by atoms with Gasteiger partial charge in [-0.15, -0.1) is 0 Å². The predicted molar refractivity (Wildman–Crippen MR) is 104 cm³/mol. The lowest BCUT2D eigenvalue weighted by molar-refractivity contribution is 0.0918. The van der Waals surface area contributed by atoms with Crippen molar-refractivity contribution in [2.45, 2.75) is 19.7 Å². The maximum absolute atomic E-state index is 12.8. The lowest BCUT2D eigenvalue weighted by Gasteiger charge is -2.10. The number of fused-ring (bicyclic) bond motifs is 1. The molecule has 0 saturated heterocycles. The molecular formula is C21H20N4O3. The van der Waals surface area contributed by atoms with Crippen LogP contribution < -0.4 is 5.32 Å². The van der Waals surface area contributed by atoms with Crippen molar-refractivity contribution in [2.24, 2.45) is 0 Å². The van der Waals surface area contributed by atoms with E-state index in [1.165, 1.54) is 6.33 Å². The second-order valence-electron chi connectivity index (χ2n) is 6.38. The number of benzene rings is 2. The first-order chi connectivity index (χ1) is 13.8. The van der Waals surface area contributed by atoms with E-state index in [1.807, 2.05) is 48.5 Å². The second-order valence-corrected chi connectivity index (χ2v) is 6.38. The van der Waals surface area contributed by atoms with E-state index in [0.29, 0.717) is 25.3 Å². The van der Waals surface area contributed by atoms with Gasteiger partial charge in [0.2, 0.25) is 0 Å². The number of furan rings is 1. The molecule has 7 nitrogen and oxygen atoms in total. The number of carbonyl (C=O) groups is 1.